The summed E-state index contributed by atoms with van der Waals surface area (Å²) in [5, 5.41) is 3.93. The number of rotatable bonds is 11. The third-order valence-corrected chi connectivity index (χ3v) is 9.48. The molecule has 0 aliphatic carbocycles. The topological polar surface area (TPSA) is 105 Å². The minimum absolute atomic E-state index is 0.0281. The molecule has 2 fully saturated rings. The number of carbonyl (C=O) groups excluding carboxylic acids is 2. The Morgan fingerprint density at radius 2 is 1.79 bits per heavy atom. The van der Waals surface area contributed by atoms with E-state index in [0.717, 1.165) is 18.7 Å². The van der Waals surface area contributed by atoms with Gasteiger partial charge in [0.2, 0.25) is 10.0 Å². The summed E-state index contributed by atoms with van der Waals surface area (Å²) in [5.41, 5.74) is 1.31. The van der Waals surface area contributed by atoms with E-state index in [9.17, 15) is 18.0 Å². The smallest absolute Gasteiger partial charge is 0.309 e. The van der Waals surface area contributed by atoms with Gasteiger partial charge in [-0.05, 0) is 43.5 Å². The van der Waals surface area contributed by atoms with Crippen LogP contribution in [0.25, 0.3) is 0 Å². The van der Waals surface area contributed by atoms with Crippen molar-refractivity contribution < 1.29 is 27.5 Å². The average molecular weight is 578 g/mol. The molecule has 1 atom stereocenters. The zero-order valence-corrected chi connectivity index (χ0v) is 23.8. The Kier molecular flexibility index (Phi) is 10.5. The van der Waals surface area contributed by atoms with E-state index in [4.69, 9.17) is 21.1 Å². The molecule has 11 heteroatoms. The van der Waals surface area contributed by atoms with Gasteiger partial charge in [-0.1, -0.05) is 41.9 Å². The summed E-state index contributed by atoms with van der Waals surface area (Å²) in [4.78, 5) is 27.4. The van der Waals surface area contributed by atoms with Crippen molar-refractivity contribution in [2.75, 3.05) is 59.1 Å². The lowest BCUT2D eigenvalue weighted by atomic mass is 9.98. The van der Waals surface area contributed by atoms with Crippen LogP contribution in [0.15, 0.2) is 53.4 Å². The molecule has 212 valence electrons. The average Bonchev–Trinajstić information content (AvgIpc) is 2.96. The van der Waals surface area contributed by atoms with Gasteiger partial charge in [-0.2, -0.15) is 4.31 Å². The molecule has 4 rings (SSSR count). The molecular weight excluding hydrogens is 542 g/mol. The van der Waals surface area contributed by atoms with Crippen LogP contribution < -0.4 is 5.32 Å². The summed E-state index contributed by atoms with van der Waals surface area (Å²) < 4.78 is 38.5. The number of carbonyl (C=O) groups is 2. The van der Waals surface area contributed by atoms with Gasteiger partial charge in [-0.25, -0.2) is 8.42 Å². The van der Waals surface area contributed by atoms with Crippen molar-refractivity contribution in [3.8, 4) is 0 Å². The van der Waals surface area contributed by atoms with E-state index >= 15 is 0 Å². The largest absolute Gasteiger partial charge is 0.466 e. The monoisotopic (exact) mass is 577 g/mol. The molecule has 0 amide bonds. The van der Waals surface area contributed by atoms with Gasteiger partial charge in [0.25, 0.3) is 0 Å². The summed E-state index contributed by atoms with van der Waals surface area (Å²) in [6, 6.07) is 13.8. The summed E-state index contributed by atoms with van der Waals surface area (Å²) in [6.07, 6.45) is 0.826. The predicted molar refractivity (Wildman–Crippen MR) is 148 cm³/mol. The summed E-state index contributed by atoms with van der Waals surface area (Å²) >= 11 is 6.50. The summed E-state index contributed by atoms with van der Waals surface area (Å²) in [6.45, 7) is 5.90. The lowest BCUT2D eigenvalue weighted by molar-refractivity contribution is -0.149. The molecule has 0 saturated carbocycles. The summed E-state index contributed by atoms with van der Waals surface area (Å²) in [7, 11) is -3.79. The second-order valence-corrected chi connectivity index (χ2v) is 12.0. The highest BCUT2D eigenvalue weighted by Crippen LogP contribution is 2.28. The van der Waals surface area contributed by atoms with Crippen molar-refractivity contribution in [3.63, 3.8) is 0 Å². The molecule has 2 saturated heterocycles. The lowest BCUT2D eigenvalue weighted by Gasteiger charge is -2.35. The van der Waals surface area contributed by atoms with E-state index < -0.39 is 10.0 Å². The molecule has 2 aliphatic rings. The third-order valence-electron chi connectivity index (χ3n) is 7.24. The standard InChI is InChI=1S/C28H36ClN3O6S/c1-2-38-28(34)21-10-12-32(13-11-21)39(35,36)23-7-5-6-22(18-23)27(33)20-30-19-26(31-14-16-37-17-15-31)24-8-3-4-9-25(24)29/h3-9,18,21,26,30H,2,10-17,19-20H2,1H3. The number of morpholine rings is 1. The molecular formula is C28H36ClN3O6S. The van der Waals surface area contributed by atoms with Crippen LogP contribution in [0, 0.1) is 5.92 Å². The van der Waals surface area contributed by atoms with Gasteiger partial charge in [0.1, 0.15) is 0 Å². The lowest BCUT2D eigenvalue weighted by Crippen LogP contribution is -2.43. The number of ketones is 1. The minimum atomic E-state index is -3.79. The highest BCUT2D eigenvalue weighted by Gasteiger charge is 2.33. The second kappa shape index (κ2) is 13.8. The van der Waals surface area contributed by atoms with Crippen LogP contribution in [0.2, 0.25) is 5.02 Å². The molecule has 2 aliphatic heterocycles. The van der Waals surface area contributed by atoms with Crippen LogP contribution in [0.3, 0.4) is 0 Å². The number of ether oxygens (including phenoxy) is 2. The fraction of sp³-hybridized carbons (Fsp3) is 0.500. The molecule has 0 aromatic heterocycles. The molecule has 1 N–H and O–H groups in total. The van der Waals surface area contributed by atoms with Crippen molar-refractivity contribution >= 4 is 33.4 Å². The molecule has 2 heterocycles. The number of Topliss-reactive ketones (excluding diaryl/α,β-unsaturated/α-hetero) is 1. The van der Waals surface area contributed by atoms with Crippen LogP contribution in [0.1, 0.15) is 41.7 Å². The number of nitrogens with zero attached hydrogens (tertiary/aromatic N) is 2. The first kappa shape index (κ1) is 29.6. The number of sulfonamides is 1. The molecule has 0 spiro atoms. The van der Waals surface area contributed by atoms with Gasteiger partial charge >= 0.3 is 5.97 Å². The SMILES string of the molecule is CCOC(=O)C1CCN(S(=O)(=O)c2cccc(C(=O)CNCC(c3ccccc3Cl)N3CCOCC3)c2)CC1. The maximum atomic E-state index is 13.3. The highest BCUT2D eigenvalue weighted by molar-refractivity contribution is 7.89. The summed E-state index contributed by atoms with van der Waals surface area (Å²) in [5.74, 6) is -0.768. The zero-order chi connectivity index (χ0) is 27.8. The van der Waals surface area contributed by atoms with Crippen LogP contribution in [0.4, 0.5) is 0 Å². The number of nitrogens with one attached hydrogen (secondary N) is 1. The Hall–Kier alpha value is -2.34. The number of esters is 1. The van der Waals surface area contributed by atoms with E-state index in [-0.39, 0.29) is 48.2 Å². The van der Waals surface area contributed by atoms with Crippen LogP contribution >= 0.6 is 11.6 Å². The van der Waals surface area contributed by atoms with Crippen molar-refractivity contribution in [2.24, 2.45) is 5.92 Å². The van der Waals surface area contributed by atoms with Crippen molar-refractivity contribution in [1.29, 1.82) is 0 Å². The van der Waals surface area contributed by atoms with E-state index in [1.807, 2.05) is 24.3 Å². The van der Waals surface area contributed by atoms with E-state index in [0.29, 0.717) is 49.8 Å². The normalized spacial score (nSPS) is 18.5. The van der Waals surface area contributed by atoms with Crippen molar-refractivity contribution in [1.82, 2.24) is 14.5 Å². The maximum absolute atomic E-state index is 13.3. The molecule has 2 aromatic carbocycles. The maximum Gasteiger partial charge on any atom is 0.309 e. The Labute approximate surface area is 235 Å². The Bertz CT molecular complexity index is 1240. The van der Waals surface area contributed by atoms with Gasteiger partial charge in [0, 0.05) is 49.4 Å². The van der Waals surface area contributed by atoms with Gasteiger partial charge < -0.3 is 14.8 Å². The predicted octanol–water partition coefficient (Wildman–Crippen LogP) is 3.15. The number of piperidine rings is 1. The quantitative estimate of drug-likeness (QED) is 0.321. The van der Waals surface area contributed by atoms with E-state index in [2.05, 4.69) is 10.2 Å². The highest BCUT2D eigenvalue weighted by atomic mass is 35.5. The van der Waals surface area contributed by atoms with E-state index in [1.165, 1.54) is 16.4 Å². The molecule has 0 bridgehead atoms. The minimum Gasteiger partial charge on any atom is -0.466 e. The van der Waals surface area contributed by atoms with Gasteiger partial charge in [0.15, 0.2) is 5.78 Å². The Morgan fingerprint density at radius 3 is 2.49 bits per heavy atom. The second-order valence-electron chi connectivity index (χ2n) is 9.70. The van der Waals surface area contributed by atoms with E-state index in [1.54, 1.807) is 19.1 Å². The fourth-order valence-electron chi connectivity index (χ4n) is 5.07. The van der Waals surface area contributed by atoms with Crippen molar-refractivity contribution in [2.45, 2.75) is 30.7 Å². The molecule has 39 heavy (non-hydrogen) atoms. The number of benzene rings is 2. The number of hydrogen-bond donors (Lipinski definition) is 1. The Balaban J connectivity index is 1.38. The van der Waals surface area contributed by atoms with Gasteiger partial charge in [-0.3, -0.25) is 14.5 Å². The fourth-order valence-corrected chi connectivity index (χ4v) is 6.84. The zero-order valence-electron chi connectivity index (χ0n) is 22.2. The molecule has 1 unspecified atom stereocenters. The number of halogens is 1. The number of hydrogen-bond acceptors (Lipinski definition) is 8. The van der Waals surface area contributed by atoms with Crippen LogP contribution in [-0.4, -0.2) is 88.5 Å². The molecule has 9 nitrogen and oxygen atoms in total. The first-order chi connectivity index (χ1) is 18.8. The Morgan fingerprint density at radius 1 is 1.08 bits per heavy atom. The van der Waals surface area contributed by atoms with Crippen LogP contribution in [-0.2, 0) is 24.3 Å². The van der Waals surface area contributed by atoms with Gasteiger partial charge in [0.05, 0.1) is 37.2 Å². The molecule has 2 aromatic rings. The van der Waals surface area contributed by atoms with Gasteiger partial charge in [-0.15, -0.1) is 0 Å². The third kappa shape index (κ3) is 7.45. The molecule has 0 radical (unpaired) electrons. The van der Waals surface area contributed by atoms with Crippen molar-refractivity contribution in [3.05, 3.63) is 64.7 Å². The van der Waals surface area contributed by atoms with Crippen LogP contribution in [0.5, 0.6) is 0 Å². The first-order valence-corrected chi connectivity index (χ1v) is 15.2. The first-order valence-electron chi connectivity index (χ1n) is 13.4.